The van der Waals surface area contributed by atoms with Crippen LogP contribution in [0.25, 0.3) is 21.0 Å². The first kappa shape index (κ1) is 42.6. The Balaban J connectivity index is 1.47. The minimum atomic E-state index is -1.20. The third-order valence-electron chi connectivity index (χ3n) is 10.1. The lowest BCUT2D eigenvalue weighted by molar-refractivity contribution is -0.134. The SMILES string of the molecule is CC(C)(C)[C@H](N)C(=O)N[C@H](Cc1csc2ccccc12)C(=O)N[C@H](Cc1c[nH]c2ccccc12)C(=O)N[C@@H](Cc1ccccc1)C(=O)N[C@H](CCCCN)C(N)=O. The van der Waals surface area contributed by atoms with E-state index in [1.807, 2.05) is 105 Å². The lowest BCUT2D eigenvalue weighted by Gasteiger charge is -2.29. The van der Waals surface area contributed by atoms with Gasteiger partial charge in [0.25, 0.3) is 0 Å². The first-order valence-corrected chi connectivity index (χ1v) is 20.1. The van der Waals surface area contributed by atoms with Crippen LogP contribution < -0.4 is 38.5 Å². The molecule has 0 saturated carbocycles. The number of primary amides is 1. The van der Waals surface area contributed by atoms with Gasteiger partial charge in [0, 0.05) is 41.1 Å². The molecule has 5 atom stereocenters. The van der Waals surface area contributed by atoms with Crippen LogP contribution >= 0.6 is 11.3 Å². The van der Waals surface area contributed by atoms with E-state index in [1.54, 1.807) is 6.20 Å². The van der Waals surface area contributed by atoms with Gasteiger partial charge in [-0.2, -0.15) is 0 Å². The number of rotatable bonds is 19. The summed E-state index contributed by atoms with van der Waals surface area (Å²) in [5.41, 5.74) is 20.3. The van der Waals surface area contributed by atoms with Gasteiger partial charge in [-0.25, -0.2) is 0 Å². The van der Waals surface area contributed by atoms with Crippen molar-refractivity contribution in [1.82, 2.24) is 26.3 Å². The third kappa shape index (κ3) is 11.5. The van der Waals surface area contributed by atoms with E-state index in [1.165, 1.54) is 11.3 Å². The van der Waals surface area contributed by atoms with Crippen molar-refractivity contribution in [2.75, 3.05) is 6.54 Å². The van der Waals surface area contributed by atoms with Gasteiger partial charge in [-0.1, -0.05) is 87.5 Å². The molecule has 14 heteroatoms. The Bertz CT molecular complexity index is 2160. The molecule has 0 unspecified atom stereocenters. The van der Waals surface area contributed by atoms with Gasteiger partial charge in [0.15, 0.2) is 0 Å². The van der Waals surface area contributed by atoms with Crippen LogP contribution in [0.1, 0.15) is 56.7 Å². The van der Waals surface area contributed by atoms with Crippen LogP contribution in [-0.4, -0.2) is 71.3 Å². The van der Waals surface area contributed by atoms with Crippen LogP contribution in [0.5, 0.6) is 0 Å². The molecular formula is C43H54N8O5S. The standard InChI is InChI=1S/C43H54N8O5S/c1-43(2,3)37(45)42(56)51-35(23-28-25-57-36-19-10-8-16-30(28)36)41(55)50-34(22-27-24-47-31-17-9-7-15-29(27)31)40(54)49-33(21-26-13-5-4-6-14-26)39(53)48-32(38(46)52)18-11-12-20-44/h4-10,13-17,19,24-25,32-35,37,47H,11-12,18,20-23,44-45H2,1-3H3,(H2,46,52)(H,48,53)(H,49,54)(H,50,55)(H,51,56)/t32-,33+,34-,35-,37-/m1/s1. The zero-order valence-electron chi connectivity index (χ0n) is 32.7. The number of carbonyl (C=O) groups is 5. The van der Waals surface area contributed by atoms with Gasteiger partial charge in [-0.05, 0) is 70.8 Å². The number of hydrogen-bond acceptors (Lipinski definition) is 8. The summed E-state index contributed by atoms with van der Waals surface area (Å²) in [5, 5.41) is 15.2. The van der Waals surface area contributed by atoms with Gasteiger partial charge >= 0.3 is 0 Å². The second-order valence-corrected chi connectivity index (χ2v) is 16.4. The van der Waals surface area contributed by atoms with Crippen LogP contribution in [0.2, 0.25) is 0 Å². The van der Waals surface area contributed by atoms with Crippen molar-refractivity contribution >= 4 is 61.9 Å². The van der Waals surface area contributed by atoms with Crippen LogP contribution in [-0.2, 0) is 43.2 Å². The van der Waals surface area contributed by atoms with Gasteiger partial charge in [0.2, 0.25) is 29.5 Å². The van der Waals surface area contributed by atoms with Crippen molar-refractivity contribution in [3.05, 3.63) is 107 Å². The maximum atomic E-state index is 14.5. The molecular weight excluding hydrogens is 741 g/mol. The highest BCUT2D eigenvalue weighted by Gasteiger charge is 2.34. The molecule has 0 aliphatic rings. The number of aromatic nitrogens is 1. The number of unbranched alkanes of at least 4 members (excludes halogenated alkanes) is 1. The predicted octanol–water partition coefficient (Wildman–Crippen LogP) is 3.34. The second-order valence-electron chi connectivity index (χ2n) is 15.5. The van der Waals surface area contributed by atoms with Gasteiger partial charge < -0.3 is 43.5 Å². The van der Waals surface area contributed by atoms with Gasteiger partial charge in [0.05, 0.1) is 6.04 Å². The Kier molecular flexibility index (Phi) is 14.6. The van der Waals surface area contributed by atoms with E-state index >= 15 is 0 Å². The summed E-state index contributed by atoms with van der Waals surface area (Å²) in [4.78, 5) is 72.1. The summed E-state index contributed by atoms with van der Waals surface area (Å²) >= 11 is 1.53. The van der Waals surface area contributed by atoms with Gasteiger partial charge in [0.1, 0.15) is 24.2 Å². The summed E-state index contributed by atoms with van der Waals surface area (Å²) < 4.78 is 1.03. The number of aromatic amines is 1. The molecule has 0 aliphatic heterocycles. The number of fused-ring (bicyclic) bond motifs is 2. The van der Waals surface area contributed by atoms with Crippen molar-refractivity contribution in [1.29, 1.82) is 0 Å². The van der Waals surface area contributed by atoms with Crippen LogP contribution in [0.4, 0.5) is 0 Å². The van der Waals surface area contributed by atoms with E-state index in [0.717, 1.165) is 37.7 Å². The molecule has 0 spiro atoms. The maximum absolute atomic E-state index is 14.5. The smallest absolute Gasteiger partial charge is 0.243 e. The number of thiophene rings is 1. The molecule has 302 valence electrons. The molecule has 11 N–H and O–H groups in total. The number of H-pyrrole nitrogens is 1. The van der Waals surface area contributed by atoms with Crippen molar-refractivity contribution in [2.24, 2.45) is 22.6 Å². The Morgan fingerprint density at radius 3 is 1.84 bits per heavy atom. The Morgan fingerprint density at radius 1 is 0.667 bits per heavy atom. The lowest BCUT2D eigenvalue weighted by atomic mass is 9.86. The Morgan fingerprint density at radius 2 is 1.21 bits per heavy atom. The second kappa shape index (κ2) is 19.5. The van der Waals surface area contributed by atoms with Gasteiger partial charge in [-0.15, -0.1) is 11.3 Å². The average Bonchev–Trinajstić information content (AvgIpc) is 3.80. The predicted molar refractivity (Wildman–Crippen MR) is 225 cm³/mol. The quantitative estimate of drug-likeness (QED) is 0.0582. The molecule has 0 aliphatic carbocycles. The molecule has 0 saturated heterocycles. The van der Waals surface area contributed by atoms with Crippen LogP contribution in [0, 0.1) is 5.41 Å². The number of nitrogens with one attached hydrogen (secondary N) is 5. The minimum Gasteiger partial charge on any atom is -0.368 e. The van der Waals surface area contributed by atoms with E-state index in [4.69, 9.17) is 17.2 Å². The van der Waals surface area contributed by atoms with Gasteiger partial charge in [-0.3, -0.25) is 24.0 Å². The normalized spacial score (nSPS) is 14.3. The first-order valence-electron chi connectivity index (χ1n) is 19.3. The number of nitrogens with two attached hydrogens (primary N) is 3. The summed E-state index contributed by atoms with van der Waals surface area (Å²) in [5.74, 6) is -3.05. The fourth-order valence-electron chi connectivity index (χ4n) is 6.66. The number of amides is 5. The Labute approximate surface area is 336 Å². The number of para-hydroxylation sites is 1. The fraction of sp³-hybridized carbons (Fsp3) is 0.372. The first-order chi connectivity index (χ1) is 27.2. The highest BCUT2D eigenvalue weighted by molar-refractivity contribution is 7.17. The molecule has 0 fully saturated rings. The average molecular weight is 795 g/mol. The van der Waals surface area contributed by atoms with E-state index in [-0.39, 0.29) is 25.7 Å². The van der Waals surface area contributed by atoms with Crippen molar-refractivity contribution in [3.63, 3.8) is 0 Å². The molecule has 5 aromatic rings. The fourth-order valence-corrected chi connectivity index (χ4v) is 7.63. The van der Waals surface area contributed by atoms with Crippen LogP contribution in [0.15, 0.2) is 90.4 Å². The maximum Gasteiger partial charge on any atom is 0.243 e. The van der Waals surface area contributed by atoms with Crippen molar-refractivity contribution in [3.8, 4) is 0 Å². The highest BCUT2D eigenvalue weighted by atomic mass is 32.1. The summed E-state index contributed by atoms with van der Waals surface area (Å²) in [6.07, 6.45) is 3.56. The summed E-state index contributed by atoms with van der Waals surface area (Å²) in [6, 6.07) is 19.2. The summed E-state index contributed by atoms with van der Waals surface area (Å²) in [6.45, 7) is 5.95. The summed E-state index contributed by atoms with van der Waals surface area (Å²) in [7, 11) is 0. The Hall–Kier alpha value is -5.57. The van der Waals surface area contributed by atoms with Crippen molar-refractivity contribution < 1.29 is 24.0 Å². The van der Waals surface area contributed by atoms with E-state index < -0.39 is 65.2 Å². The number of benzene rings is 3. The monoisotopic (exact) mass is 794 g/mol. The molecule has 0 radical (unpaired) electrons. The number of carbonyl (C=O) groups excluding carboxylic acids is 5. The highest BCUT2D eigenvalue weighted by Crippen LogP contribution is 2.27. The number of hydrogen-bond donors (Lipinski definition) is 8. The molecule has 0 bridgehead atoms. The largest absolute Gasteiger partial charge is 0.368 e. The minimum absolute atomic E-state index is 0.0494. The molecule has 2 heterocycles. The van der Waals surface area contributed by atoms with E-state index in [9.17, 15) is 24.0 Å². The third-order valence-corrected chi connectivity index (χ3v) is 11.1. The van der Waals surface area contributed by atoms with Crippen molar-refractivity contribution in [2.45, 2.75) is 89.5 Å². The molecule has 13 nitrogen and oxygen atoms in total. The van der Waals surface area contributed by atoms with E-state index in [0.29, 0.717) is 19.4 Å². The van der Waals surface area contributed by atoms with E-state index in [2.05, 4.69) is 26.3 Å². The lowest BCUT2D eigenvalue weighted by Crippen LogP contribution is -2.60. The van der Waals surface area contributed by atoms with Crippen LogP contribution in [0.3, 0.4) is 0 Å². The molecule has 2 aromatic heterocycles. The zero-order valence-corrected chi connectivity index (χ0v) is 33.5. The zero-order chi connectivity index (χ0) is 41.1. The molecule has 5 rings (SSSR count). The molecule has 57 heavy (non-hydrogen) atoms. The topological polar surface area (TPSA) is 227 Å². The molecule has 3 aromatic carbocycles. The molecule has 5 amide bonds.